The second kappa shape index (κ2) is 10.4. The van der Waals surface area contributed by atoms with Crippen molar-refractivity contribution in [2.45, 2.75) is 45.6 Å². The van der Waals surface area contributed by atoms with Crippen molar-refractivity contribution in [2.24, 2.45) is 15.9 Å². The molecule has 1 aromatic heterocycles. The SMILES string of the molecule is C=N/C=C\C(=N/CN1CCCC1)C1CCN(Cc2cnc(CC)nc2)CC1. The van der Waals surface area contributed by atoms with E-state index in [9.17, 15) is 0 Å². The molecule has 2 saturated heterocycles. The van der Waals surface area contributed by atoms with Gasteiger partial charge in [-0.3, -0.25) is 19.8 Å². The predicted octanol–water partition coefficient (Wildman–Crippen LogP) is 2.96. The first kappa shape index (κ1) is 19.8. The third kappa shape index (κ3) is 6.04. The second-order valence-electron chi connectivity index (χ2n) is 7.46. The summed E-state index contributed by atoms with van der Waals surface area (Å²) in [5, 5.41) is 0. The lowest BCUT2D eigenvalue weighted by Gasteiger charge is -2.32. The Hall–Kier alpha value is -1.92. The fraction of sp³-hybridized carbons (Fsp3) is 0.619. The normalized spacial score (nSPS) is 20.6. The van der Waals surface area contributed by atoms with Gasteiger partial charge in [0, 0.05) is 48.8 Å². The van der Waals surface area contributed by atoms with E-state index in [1.807, 2.05) is 12.4 Å². The summed E-state index contributed by atoms with van der Waals surface area (Å²) in [6, 6.07) is 0. The molecule has 0 unspecified atom stereocenters. The average molecular weight is 369 g/mol. The largest absolute Gasteiger partial charge is 0.299 e. The minimum Gasteiger partial charge on any atom is -0.299 e. The summed E-state index contributed by atoms with van der Waals surface area (Å²) < 4.78 is 0. The first-order chi connectivity index (χ1) is 13.3. The standard InChI is InChI=1S/C21H32N6/c1-3-21-23-14-18(15-24-21)16-26-12-7-19(8-13-26)20(6-9-22-2)25-17-27-10-4-5-11-27/h6,9,14-15,19H,2-5,7-8,10-13,16-17H2,1H3/b9-6-,25-20+. The van der Waals surface area contributed by atoms with Gasteiger partial charge in [-0.25, -0.2) is 9.97 Å². The van der Waals surface area contributed by atoms with Gasteiger partial charge in [-0.2, -0.15) is 0 Å². The molecular weight excluding hydrogens is 336 g/mol. The monoisotopic (exact) mass is 368 g/mol. The van der Waals surface area contributed by atoms with E-state index in [1.165, 1.54) is 37.2 Å². The van der Waals surface area contributed by atoms with E-state index < -0.39 is 0 Å². The topological polar surface area (TPSA) is 57.0 Å². The molecule has 0 radical (unpaired) electrons. The molecule has 0 aliphatic carbocycles. The molecule has 1 aromatic rings. The third-order valence-electron chi connectivity index (χ3n) is 5.49. The molecule has 0 amide bonds. The fourth-order valence-corrected chi connectivity index (χ4v) is 3.84. The number of likely N-dealkylation sites (tertiary alicyclic amines) is 2. The summed E-state index contributed by atoms with van der Waals surface area (Å²) in [6.45, 7) is 11.9. The Morgan fingerprint density at radius 3 is 2.48 bits per heavy atom. The number of hydrogen-bond donors (Lipinski definition) is 0. The van der Waals surface area contributed by atoms with Gasteiger partial charge in [0.15, 0.2) is 0 Å². The van der Waals surface area contributed by atoms with E-state index in [-0.39, 0.29) is 0 Å². The lowest BCUT2D eigenvalue weighted by molar-refractivity contribution is 0.201. The van der Waals surface area contributed by atoms with Crippen LogP contribution < -0.4 is 0 Å². The van der Waals surface area contributed by atoms with Gasteiger partial charge in [-0.15, -0.1) is 0 Å². The Balaban J connectivity index is 1.53. The number of allylic oxidation sites excluding steroid dienone is 1. The van der Waals surface area contributed by atoms with Crippen molar-refractivity contribution < 1.29 is 0 Å². The van der Waals surface area contributed by atoms with Crippen molar-refractivity contribution in [1.29, 1.82) is 0 Å². The summed E-state index contributed by atoms with van der Waals surface area (Å²) in [5.41, 5.74) is 2.38. The number of rotatable bonds is 8. The molecule has 0 atom stereocenters. The minimum absolute atomic E-state index is 0.514. The Kier molecular flexibility index (Phi) is 7.66. The molecule has 0 spiro atoms. The van der Waals surface area contributed by atoms with Crippen LogP contribution in [-0.2, 0) is 13.0 Å². The van der Waals surface area contributed by atoms with Gasteiger partial charge < -0.3 is 0 Å². The molecule has 0 N–H and O–H groups in total. The highest BCUT2D eigenvalue weighted by atomic mass is 15.2. The molecule has 6 nitrogen and oxygen atoms in total. The quantitative estimate of drug-likeness (QED) is 0.662. The highest BCUT2D eigenvalue weighted by molar-refractivity contribution is 5.97. The molecule has 27 heavy (non-hydrogen) atoms. The molecule has 3 rings (SSSR count). The van der Waals surface area contributed by atoms with Crippen LogP contribution in [0.1, 0.15) is 44.0 Å². The highest BCUT2D eigenvalue weighted by Gasteiger charge is 2.23. The molecule has 0 saturated carbocycles. The maximum Gasteiger partial charge on any atom is 0.127 e. The van der Waals surface area contributed by atoms with Gasteiger partial charge in [0.05, 0.1) is 6.67 Å². The zero-order valence-electron chi connectivity index (χ0n) is 16.6. The van der Waals surface area contributed by atoms with Gasteiger partial charge >= 0.3 is 0 Å². The van der Waals surface area contributed by atoms with E-state index in [0.29, 0.717) is 5.92 Å². The van der Waals surface area contributed by atoms with E-state index in [2.05, 4.69) is 44.5 Å². The molecule has 6 heteroatoms. The molecule has 0 bridgehead atoms. The van der Waals surface area contributed by atoms with Crippen LogP contribution in [0.25, 0.3) is 0 Å². The first-order valence-electron chi connectivity index (χ1n) is 10.2. The van der Waals surface area contributed by atoms with Crippen molar-refractivity contribution >= 4 is 12.4 Å². The second-order valence-corrected chi connectivity index (χ2v) is 7.46. The third-order valence-corrected chi connectivity index (χ3v) is 5.49. The minimum atomic E-state index is 0.514. The average Bonchev–Trinajstić information content (AvgIpc) is 3.23. The molecule has 146 valence electrons. The molecule has 3 heterocycles. The van der Waals surface area contributed by atoms with Gasteiger partial charge in [0.1, 0.15) is 5.82 Å². The number of nitrogens with zero attached hydrogens (tertiary/aromatic N) is 6. The summed E-state index contributed by atoms with van der Waals surface area (Å²) in [5.74, 6) is 1.43. The lowest BCUT2D eigenvalue weighted by atomic mass is 9.91. The Morgan fingerprint density at radius 1 is 1.15 bits per heavy atom. The Morgan fingerprint density at radius 2 is 1.85 bits per heavy atom. The maximum absolute atomic E-state index is 4.92. The van der Waals surface area contributed by atoms with Crippen LogP contribution in [0.2, 0.25) is 0 Å². The molecule has 2 aliphatic rings. The summed E-state index contributed by atoms with van der Waals surface area (Å²) in [6.07, 6.45) is 13.5. The molecule has 2 aliphatic heterocycles. The van der Waals surface area contributed by atoms with Crippen molar-refractivity contribution in [3.63, 3.8) is 0 Å². The van der Waals surface area contributed by atoms with E-state index in [1.54, 1.807) is 6.20 Å². The number of aliphatic imine (C=N–C) groups is 2. The summed E-state index contributed by atoms with van der Waals surface area (Å²) >= 11 is 0. The van der Waals surface area contributed by atoms with Crippen LogP contribution in [0.4, 0.5) is 0 Å². The zero-order valence-corrected chi connectivity index (χ0v) is 16.6. The van der Waals surface area contributed by atoms with Gasteiger partial charge in [0.2, 0.25) is 0 Å². The smallest absolute Gasteiger partial charge is 0.127 e. The van der Waals surface area contributed by atoms with Gasteiger partial charge in [-0.05, 0) is 64.7 Å². The first-order valence-corrected chi connectivity index (χ1v) is 10.2. The number of aromatic nitrogens is 2. The molecule has 2 fully saturated rings. The van der Waals surface area contributed by atoms with Crippen LogP contribution >= 0.6 is 0 Å². The van der Waals surface area contributed by atoms with Gasteiger partial charge in [0.25, 0.3) is 0 Å². The Labute approximate surface area is 163 Å². The molecule has 0 aromatic carbocycles. The van der Waals surface area contributed by atoms with E-state index in [4.69, 9.17) is 4.99 Å². The molecular formula is C21H32N6. The van der Waals surface area contributed by atoms with E-state index in [0.717, 1.165) is 51.4 Å². The summed E-state index contributed by atoms with van der Waals surface area (Å²) in [4.78, 5) is 22.6. The number of hydrogen-bond acceptors (Lipinski definition) is 6. The number of aryl methyl sites for hydroxylation is 1. The van der Waals surface area contributed by atoms with Crippen LogP contribution in [0.5, 0.6) is 0 Å². The van der Waals surface area contributed by atoms with Crippen LogP contribution in [-0.4, -0.2) is 65.0 Å². The number of piperidine rings is 1. The summed E-state index contributed by atoms with van der Waals surface area (Å²) in [7, 11) is 0. The van der Waals surface area contributed by atoms with Crippen molar-refractivity contribution in [2.75, 3.05) is 32.8 Å². The van der Waals surface area contributed by atoms with Gasteiger partial charge in [-0.1, -0.05) is 6.92 Å². The van der Waals surface area contributed by atoms with E-state index >= 15 is 0 Å². The Bertz CT molecular complexity index is 637. The lowest BCUT2D eigenvalue weighted by Crippen LogP contribution is -2.36. The van der Waals surface area contributed by atoms with Crippen LogP contribution in [0.15, 0.2) is 34.7 Å². The van der Waals surface area contributed by atoms with Crippen LogP contribution in [0, 0.1) is 5.92 Å². The van der Waals surface area contributed by atoms with Crippen molar-refractivity contribution in [3.8, 4) is 0 Å². The maximum atomic E-state index is 4.92. The van der Waals surface area contributed by atoms with Crippen LogP contribution in [0.3, 0.4) is 0 Å². The van der Waals surface area contributed by atoms with Crippen molar-refractivity contribution in [1.82, 2.24) is 19.8 Å². The zero-order chi connectivity index (χ0) is 18.9. The van der Waals surface area contributed by atoms with Crippen molar-refractivity contribution in [3.05, 3.63) is 36.1 Å². The predicted molar refractivity (Wildman–Crippen MR) is 111 cm³/mol. The highest BCUT2D eigenvalue weighted by Crippen LogP contribution is 2.21. The fourth-order valence-electron chi connectivity index (χ4n) is 3.84.